The van der Waals surface area contributed by atoms with Gasteiger partial charge < -0.3 is 15.4 Å². The molecule has 0 bridgehead atoms. The molecule has 0 atom stereocenters. The van der Waals surface area contributed by atoms with Gasteiger partial charge in [0.25, 0.3) is 0 Å². The van der Waals surface area contributed by atoms with Crippen LogP contribution in [-0.2, 0) is 4.74 Å². The summed E-state index contributed by atoms with van der Waals surface area (Å²) >= 11 is 1.45. The van der Waals surface area contributed by atoms with Crippen molar-refractivity contribution < 1.29 is 9.53 Å². The third kappa shape index (κ3) is 6.72. The lowest BCUT2D eigenvalue weighted by atomic mass is 10.2. The van der Waals surface area contributed by atoms with Gasteiger partial charge in [0.2, 0.25) is 5.13 Å². The molecule has 7 heteroatoms. The van der Waals surface area contributed by atoms with Crippen molar-refractivity contribution in [3.8, 4) is 0 Å². The summed E-state index contributed by atoms with van der Waals surface area (Å²) in [5, 5.41) is 14.1. The van der Waals surface area contributed by atoms with Crippen LogP contribution in [0.15, 0.2) is 5.51 Å². The molecule has 0 spiro atoms. The van der Waals surface area contributed by atoms with Crippen molar-refractivity contribution >= 4 is 22.6 Å². The molecule has 2 N–H and O–H groups in total. The first-order valence-electron chi connectivity index (χ1n) is 5.44. The lowest BCUT2D eigenvalue weighted by molar-refractivity contribution is 0.0528. The lowest BCUT2D eigenvalue weighted by Crippen LogP contribution is -2.33. The third-order valence-electron chi connectivity index (χ3n) is 1.66. The summed E-state index contributed by atoms with van der Waals surface area (Å²) in [5.41, 5.74) is 1.22. The monoisotopic (exact) mass is 258 g/mol. The van der Waals surface area contributed by atoms with Gasteiger partial charge in [-0.1, -0.05) is 11.3 Å². The van der Waals surface area contributed by atoms with Gasteiger partial charge >= 0.3 is 6.09 Å². The highest BCUT2D eigenvalue weighted by Gasteiger charge is 2.15. The van der Waals surface area contributed by atoms with E-state index in [9.17, 15) is 4.79 Å². The molecule has 0 saturated carbocycles. The number of nitrogens with one attached hydrogen (secondary N) is 2. The molecule has 1 aromatic rings. The van der Waals surface area contributed by atoms with Gasteiger partial charge in [-0.05, 0) is 27.2 Å². The summed E-state index contributed by atoms with van der Waals surface area (Å²) in [6.07, 6.45) is 0.423. The molecular formula is C10H18N4O2S. The van der Waals surface area contributed by atoms with Crippen molar-refractivity contribution in [2.24, 2.45) is 0 Å². The summed E-state index contributed by atoms with van der Waals surface area (Å²) < 4.78 is 5.10. The Labute approximate surface area is 105 Å². The van der Waals surface area contributed by atoms with Crippen LogP contribution in [-0.4, -0.2) is 35.0 Å². The second kappa shape index (κ2) is 6.39. The van der Waals surface area contributed by atoms with Crippen LogP contribution in [0.4, 0.5) is 9.93 Å². The van der Waals surface area contributed by atoms with Gasteiger partial charge in [-0.15, -0.1) is 10.2 Å². The largest absolute Gasteiger partial charge is 0.444 e. The summed E-state index contributed by atoms with van der Waals surface area (Å²) in [6, 6.07) is 0. The maximum atomic E-state index is 11.3. The highest BCUT2D eigenvalue weighted by molar-refractivity contribution is 7.13. The molecule has 0 unspecified atom stereocenters. The average Bonchev–Trinajstić information content (AvgIpc) is 2.67. The maximum Gasteiger partial charge on any atom is 0.407 e. The molecule has 0 fully saturated rings. The Morgan fingerprint density at radius 3 is 2.82 bits per heavy atom. The zero-order valence-corrected chi connectivity index (χ0v) is 11.1. The molecule has 17 heavy (non-hydrogen) atoms. The van der Waals surface area contributed by atoms with E-state index >= 15 is 0 Å². The molecule has 0 radical (unpaired) electrons. The first kappa shape index (κ1) is 13.7. The summed E-state index contributed by atoms with van der Waals surface area (Å²) in [4.78, 5) is 11.3. The smallest absolute Gasteiger partial charge is 0.407 e. The van der Waals surface area contributed by atoms with Crippen LogP contribution in [0.3, 0.4) is 0 Å². The number of hydrogen-bond donors (Lipinski definition) is 2. The molecular weight excluding hydrogens is 240 g/mol. The van der Waals surface area contributed by atoms with E-state index in [1.165, 1.54) is 11.3 Å². The van der Waals surface area contributed by atoms with Crippen molar-refractivity contribution in [3.05, 3.63) is 5.51 Å². The van der Waals surface area contributed by atoms with Crippen molar-refractivity contribution in [2.75, 3.05) is 18.4 Å². The molecule has 96 valence electrons. The highest BCUT2D eigenvalue weighted by atomic mass is 32.1. The minimum atomic E-state index is -0.450. The highest BCUT2D eigenvalue weighted by Crippen LogP contribution is 2.07. The van der Waals surface area contributed by atoms with E-state index in [0.717, 1.165) is 18.1 Å². The first-order chi connectivity index (χ1) is 7.97. The van der Waals surface area contributed by atoms with Crippen LogP contribution in [0.25, 0.3) is 0 Å². The molecule has 1 heterocycles. The van der Waals surface area contributed by atoms with Crippen molar-refractivity contribution in [3.63, 3.8) is 0 Å². The second-order valence-electron chi connectivity index (χ2n) is 4.45. The number of anilines is 1. The van der Waals surface area contributed by atoms with E-state index in [1.807, 2.05) is 20.8 Å². The fraction of sp³-hybridized carbons (Fsp3) is 0.700. The van der Waals surface area contributed by atoms with E-state index in [1.54, 1.807) is 5.51 Å². The Bertz CT molecular complexity index is 335. The van der Waals surface area contributed by atoms with Gasteiger partial charge in [-0.3, -0.25) is 0 Å². The summed E-state index contributed by atoms with van der Waals surface area (Å²) in [7, 11) is 0. The molecule has 0 aliphatic heterocycles. The topological polar surface area (TPSA) is 76.1 Å². The normalized spacial score (nSPS) is 11.0. The molecule has 0 aliphatic carbocycles. The van der Waals surface area contributed by atoms with Crippen LogP contribution in [0.5, 0.6) is 0 Å². The first-order valence-corrected chi connectivity index (χ1v) is 6.32. The zero-order valence-electron chi connectivity index (χ0n) is 10.3. The van der Waals surface area contributed by atoms with Crippen molar-refractivity contribution in [1.29, 1.82) is 0 Å². The minimum absolute atomic E-state index is 0.381. The predicted octanol–water partition coefficient (Wildman–Crippen LogP) is 1.86. The van der Waals surface area contributed by atoms with Crippen LogP contribution in [0, 0.1) is 0 Å². The van der Waals surface area contributed by atoms with Crippen LogP contribution in [0.2, 0.25) is 0 Å². The number of hydrogen-bond acceptors (Lipinski definition) is 6. The lowest BCUT2D eigenvalue weighted by Gasteiger charge is -2.19. The number of rotatable bonds is 5. The standard InChI is InChI=1S/C10H18N4O2S/c1-10(2,3)16-9(15)12-6-4-5-11-8-14-13-7-17-8/h7H,4-6H2,1-3H3,(H,11,14)(H,12,15). The van der Waals surface area contributed by atoms with Gasteiger partial charge in [-0.2, -0.15) is 0 Å². The SMILES string of the molecule is CC(C)(C)OC(=O)NCCCNc1nncs1. The molecule has 0 aliphatic rings. The average molecular weight is 258 g/mol. The Morgan fingerprint density at radius 2 is 2.24 bits per heavy atom. The number of aromatic nitrogens is 2. The number of ether oxygens (including phenoxy) is 1. The third-order valence-corrected chi connectivity index (χ3v) is 2.31. The Hall–Kier alpha value is -1.37. The van der Waals surface area contributed by atoms with Crippen LogP contribution < -0.4 is 10.6 Å². The van der Waals surface area contributed by atoms with Crippen LogP contribution in [0.1, 0.15) is 27.2 Å². The van der Waals surface area contributed by atoms with Crippen LogP contribution >= 0.6 is 11.3 Å². The van der Waals surface area contributed by atoms with E-state index in [2.05, 4.69) is 20.8 Å². The maximum absolute atomic E-state index is 11.3. The summed E-state index contributed by atoms with van der Waals surface area (Å²) in [5.74, 6) is 0. The second-order valence-corrected chi connectivity index (χ2v) is 5.29. The predicted molar refractivity (Wildman–Crippen MR) is 67.3 cm³/mol. The Morgan fingerprint density at radius 1 is 1.47 bits per heavy atom. The Balaban J connectivity index is 2.02. The number of carbonyl (C=O) groups excluding carboxylic acids is 1. The zero-order chi connectivity index (χ0) is 12.7. The molecule has 1 rings (SSSR count). The number of alkyl carbamates (subject to hydrolysis) is 1. The number of nitrogens with zero attached hydrogens (tertiary/aromatic N) is 2. The quantitative estimate of drug-likeness (QED) is 0.788. The number of carbonyl (C=O) groups is 1. The molecule has 1 aromatic heterocycles. The molecule has 1 amide bonds. The van der Waals surface area contributed by atoms with Gasteiger partial charge in [0.1, 0.15) is 11.1 Å². The Kier molecular flexibility index (Phi) is 5.14. The van der Waals surface area contributed by atoms with E-state index in [4.69, 9.17) is 4.74 Å². The van der Waals surface area contributed by atoms with E-state index in [0.29, 0.717) is 6.54 Å². The van der Waals surface area contributed by atoms with Gasteiger partial charge in [0.15, 0.2) is 0 Å². The summed E-state index contributed by atoms with van der Waals surface area (Å²) in [6.45, 7) is 6.82. The van der Waals surface area contributed by atoms with Crippen molar-refractivity contribution in [2.45, 2.75) is 32.8 Å². The van der Waals surface area contributed by atoms with E-state index < -0.39 is 5.60 Å². The number of amides is 1. The van der Waals surface area contributed by atoms with Crippen molar-refractivity contribution in [1.82, 2.24) is 15.5 Å². The fourth-order valence-electron chi connectivity index (χ4n) is 1.04. The minimum Gasteiger partial charge on any atom is -0.444 e. The van der Waals surface area contributed by atoms with E-state index in [-0.39, 0.29) is 6.09 Å². The van der Waals surface area contributed by atoms with Gasteiger partial charge in [0, 0.05) is 13.1 Å². The van der Waals surface area contributed by atoms with Gasteiger partial charge in [-0.25, -0.2) is 4.79 Å². The molecule has 6 nitrogen and oxygen atoms in total. The molecule has 0 aromatic carbocycles. The fourth-order valence-corrected chi connectivity index (χ4v) is 1.51. The molecule has 0 saturated heterocycles. The van der Waals surface area contributed by atoms with Gasteiger partial charge in [0.05, 0.1) is 0 Å².